The number of alkyl carbamates (subject to hydrolysis) is 1. The summed E-state index contributed by atoms with van der Waals surface area (Å²) in [4.78, 5) is 36.2. The number of hydrogen-bond acceptors (Lipinski definition) is 4. The van der Waals surface area contributed by atoms with E-state index in [9.17, 15) is 14.4 Å². The second-order valence-electron chi connectivity index (χ2n) is 8.48. The first-order valence-electron chi connectivity index (χ1n) is 11.1. The van der Waals surface area contributed by atoms with Crippen molar-refractivity contribution in [2.45, 2.75) is 50.6 Å². The Morgan fingerprint density at radius 3 is 2.12 bits per heavy atom. The number of carboxylic acids is 1. The van der Waals surface area contributed by atoms with Crippen LogP contribution >= 0.6 is 0 Å². The molecule has 0 saturated heterocycles. The Labute approximate surface area is 187 Å². The number of ether oxygens (including phenoxy) is 1. The van der Waals surface area contributed by atoms with Gasteiger partial charge >= 0.3 is 12.1 Å². The quantitative estimate of drug-likeness (QED) is 0.556. The van der Waals surface area contributed by atoms with Gasteiger partial charge in [-0.25, -0.2) is 4.79 Å². The molecule has 0 heterocycles. The van der Waals surface area contributed by atoms with Crippen molar-refractivity contribution >= 4 is 18.0 Å². The predicted octanol–water partition coefficient (Wildman–Crippen LogP) is 3.67. The molecule has 2 atom stereocenters. The minimum atomic E-state index is -0.945. The first-order valence-corrected chi connectivity index (χ1v) is 11.1. The molecular weight excluding hydrogens is 408 g/mol. The van der Waals surface area contributed by atoms with Crippen molar-refractivity contribution in [3.05, 3.63) is 59.7 Å². The van der Waals surface area contributed by atoms with Gasteiger partial charge in [0.05, 0.1) is 6.42 Å². The Morgan fingerprint density at radius 2 is 1.59 bits per heavy atom. The van der Waals surface area contributed by atoms with Crippen LogP contribution in [0.15, 0.2) is 48.5 Å². The Bertz CT molecular complexity index is 971. The normalized spacial score (nSPS) is 16.4. The van der Waals surface area contributed by atoms with E-state index in [1.807, 2.05) is 36.4 Å². The number of amides is 2. The highest BCUT2D eigenvalue weighted by atomic mass is 16.5. The summed E-state index contributed by atoms with van der Waals surface area (Å²) in [7, 11) is 0. The largest absolute Gasteiger partial charge is 0.481 e. The molecule has 32 heavy (non-hydrogen) atoms. The molecule has 0 spiro atoms. The van der Waals surface area contributed by atoms with Crippen LogP contribution in [0, 0.1) is 5.92 Å². The molecule has 0 aliphatic heterocycles. The van der Waals surface area contributed by atoms with Gasteiger partial charge in [0.1, 0.15) is 12.6 Å². The van der Waals surface area contributed by atoms with Gasteiger partial charge in [-0.15, -0.1) is 0 Å². The molecule has 4 rings (SSSR count). The number of benzene rings is 2. The van der Waals surface area contributed by atoms with Crippen molar-refractivity contribution in [2.75, 3.05) is 6.61 Å². The molecule has 2 aliphatic rings. The van der Waals surface area contributed by atoms with Crippen LogP contribution in [0.5, 0.6) is 0 Å². The van der Waals surface area contributed by atoms with Crippen LogP contribution in [0.3, 0.4) is 0 Å². The number of hydrogen-bond donors (Lipinski definition) is 3. The van der Waals surface area contributed by atoms with Gasteiger partial charge in [-0.3, -0.25) is 9.59 Å². The second kappa shape index (κ2) is 9.42. The zero-order chi connectivity index (χ0) is 22.7. The second-order valence-corrected chi connectivity index (χ2v) is 8.48. The molecule has 2 aromatic carbocycles. The summed E-state index contributed by atoms with van der Waals surface area (Å²) in [6.07, 6.45) is 1.43. The maximum Gasteiger partial charge on any atom is 0.407 e. The number of carbonyl (C=O) groups excluding carboxylic acids is 2. The Hall–Kier alpha value is -3.35. The van der Waals surface area contributed by atoms with Crippen molar-refractivity contribution in [3.63, 3.8) is 0 Å². The average Bonchev–Trinajstić information content (AvgIpc) is 3.58. The highest BCUT2D eigenvalue weighted by Gasteiger charge is 2.35. The van der Waals surface area contributed by atoms with Crippen molar-refractivity contribution in [2.24, 2.45) is 5.92 Å². The maximum atomic E-state index is 12.6. The molecule has 2 amide bonds. The average molecular weight is 437 g/mol. The van der Waals surface area contributed by atoms with E-state index in [1.165, 1.54) is 0 Å². The summed E-state index contributed by atoms with van der Waals surface area (Å²) in [6, 6.07) is 15.0. The van der Waals surface area contributed by atoms with Crippen molar-refractivity contribution in [1.82, 2.24) is 10.6 Å². The van der Waals surface area contributed by atoms with Crippen LogP contribution in [-0.4, -0.2) is 41.8 Å². The molecule has 0 radical (unpaired) electrons. The lowest BCUT2D eigenvalue weighted by Crippen LogP contribution is -2.50. The highest BCUT2D eigenvalue weighted by molar-refractivity contribution is 5.86. The maximum absolute atomic E-state index is 12.6. The van der Waals surface area contributed by atoms with Crippen LogP contribution in [0.25, 0.3) is 11.1 Å². The van der Waals surface area contributed by atoms with E-state index in [0.29, 0.717) is 6.42 Å². The monoisotopic (exact) mass is 436 g/mol. The van der Waals surface area contributed by atoms with E-state index in [0.717, 1.165) is 35.1 Å². The highest BCUT2D eigenvalue weighted by Crippen LogP contribution is 2.44. The van der Waals surface area contributed by atoms with Crippen LogP contribution in [-0.2, 0) is 14.3 Å². The van der Waals surface area contributed by atoms with E-state index >= 15 is 0 Å². The molecule has 2 aromatic rings. The van der Waals surface area contributed by atoms with Gasteiger partial charge in [0.2, 0.25) is 5.91 Å². The third-order valence-electron chi connectivity index (χ3n) is 6.27. The number of nitrogens with one attached hydrogen (secondary N) is 2. The molecule has 2 aliphatic carbocycles. The van der Waals surface area contributed by atoms with Gasteiger partial charge in [0.25, 0.3) is 0 Å². The lowest BCUT2D eigenvalue weighted by Gasteiger charge is -2.22. The fourth-order valence-corrected chi connectivity index (χ4v) is 4.44. The number of aliphatic carboxylic acids is 1. The third-order valence-corrected chi connectivity index (χ3v) is 6.27. The van der Waals surface area contributed by atoms with Gasteiger partial charge in [-0.05, 0) is 47.4 Å². The zero-order valence-electron chi connectivity index (χ0n) is 18.0. The lowest BCUT2D eigenvalue weighted by molar-refractivity contribution is -0.138. The van der Waals surface area contributed by atoms with E-state index in [1.54, 1.807) is 6.92 Å². The number of carboxylic acid groups (broad SMARTS) is 1. The summed E-state index contributed by atoms with van der Waals surface area (Å²) in [5.74, 6) is -1.18. The van der Waals surface area contributed by atoms with Crippen molar-refractivity contribution < 1.29 is 24.2 Å². The van der Waals surface area contributed by atoms with Gasteiger partial charge in [0.15, 0.2) is 0 Å². The summed E-state index contributed by atoms with van der Waals surface area (Å²) < 4.78 is 5.53. The molecule has 1 fully saturated rings. The molecule has 168 valence electrons. The van der Waals surface area contributed by atoms with E-state index in [4.69, 9.17) is 9.84 Å². The fourth-order valence-electron chi connectivity index (χ4n) is 4.44. The summed E-state index contributed by atoms with van der Waals surface area (Å²) in [6.45, 7) is 1.96. The molecule has 7 nitrogen and oxygen atoms in total. The minimum absolute atomic E-state index is 0.0585. The molecule has 7 heteroatoms. The molecule has 0 bridgehead atoms. The minimum Gasteiger partial charge on any atom is -0.481 e. The van der Waals surface area contributed by atoms with Crippen LogP contribution < -0.4 is 10.6 Å². The number of rotatable bonds is 9. The standard InChI is InChI=1S/C25H28N2O5/c1-2-21(24(30)26-22(13-23(28)29)15-11-12-15)27-25(31)32-14-20-18-9-5-3-7-16(18)17-8-4-6-10-19(17)20/h3-10,15,20-22H,2,11-14H2,1H3,(H,26,30)(H,27,31)(H,28,29). The van der Waals surface area contributed by atoms with Crippen molar-refractivity contribution in [3.8, 4) is 11.1 Å². The third kappa shape index (κ3) is 4.77. The van der Waals surface area contributed by atoms with E-state index in [-0.39, 0.29) is 30.8 Å². The van der Waals surface area contributed by atoms with Crippen LogP contribution in [0.4, 0.5) is 4.79 Å². The Kier molecular flexibility index (Phi) is 6.44. The number of fused-ring (bicyclic) bond motifs is 3. The smallest absolute Gasteiger partial charge is 0.407 e. The first kappa shape index (κ1) is 21.9. The van der Waals surface area contributed by atoms with Gasteiger partial charge in [-0.1, -0.05) is 55.5 Å². The van der Waals surface area contributed by atoms with Crippen molar-refractivity contribution in [1.29, 1.82) is 0 Å². The van der Waals surface area contributed by atoms with E-state index in [2.05, 4.69) is 22.8 Å². The molecule has 2 unspecified atom stereocenters. The zero-order valence-corrected chi connectivity index (χ0v) is 18.0. The van der Waals surface area contributed by atoms with E-state index < -0.39 is 24.1 Å². The summed E-state index contributed by atoms with van der Waals surface area (Å²) >= 11 is 0. The van der Waals surface area contributed by atoms with Gasteiger partial charge in [0, 0.05) is 12.0 Å². The van der Waals surface area contributed by atoms with Crippen LogP contribution in [0.2, 0.25) is 0 Å². The summed E-state index contributed by atoms with van der Waals surface area (Å²) in [5.41, 5.74) is 4.53. The van der Waals surface area contributed by atoms with Gasteiger partial charge in [-0.2, -0.15) is 0 Å². The number of carbonyl (C=O) groups is 3. The predicted molar refractivity (Wildman–Crippen MR) is 119 cm³/mol. The fraction of sp³-hybridized carbons (Fsp3) is 0.400. The first-order chi connectivity index (χ1) is 15.5. The molecule has 1 saturated carbocycles. The Balaban J connectivity index is 1.36. The molecule has 3 N–H and O–H groups in total. The van der Waals surface area contributed by atoms with Crippen LogP contribution in [0.1, 0.15) is 49.7 Å². The Morgan fingerprint density at radius 1 is 1.00 bits per heavy atom. The SMILES string of the molecule is CCC(NC(=O)OCC1c2ccccc2-c2ccccc21)C(=O)NC(CC(=O)O)C1CC1. The molecule has 0 aromatic heterocycles. The van der Waals surface area contributed by atoms with Gasteiger partial charge < -0.3 is 20.5 Å². The topological polar surface area (TPSA) is 105 Å². The lowest BCUT2D eigenvalue weighted by atomic mass is 9.98. The molecular formula is C25H28N2O5. The summed E-state index contributed by atoms with van der Waals surface area (Å²) in [5, 5.41) is 14.5.